The van der Waals surface area contributed by atoms with Gasteiger partial charge in [0, 0.05) is 10.6 Å². The van der Waals surface area contributed by atoms with E-state index in [9.17, 15) is 9.18 Å². The third-order valence-corrected chi connectivity index (χ3v) is 5.34. The Bertz CT molecular complexity index is 1220. The molecule has 4 rings (SSSR count). The van der Waals surface area contributed by atoms with Crippen LogP contribution < -0.4 is 14.5 Å². The Morgan fingerprint density at radius 1 is 1.06 bits per heavy atom. The Hall–Kier alpha value is -3.64. The van der Waals surface area contributed by atoms with Gasteiger partial charge < -0.3 is 9.47 Å². The zero-order valence-electron chi connectivity index (χ0n) is 17.5. The normalized spacial score (nSPS) is 14.6. The number of anilines is 1. The molecule has 5 nitrogen and oxygen atoms in total. The monoisotopic (exact) mass is 450 g/mol. The third kappa shape index (κ3) is 4.50. The highest BCUT2D eigenvalue weighted by molar-refractivity contribution is 6.32. The Labute approximate surface area is 190 Å². The van der Waals surface area contributed by atoms with Gasteiger partial charge in [-0.05, 0) is 61.0 Å². The van der Waals surface area contributed by atoms with E-state index in [1.54, 1.807) is 32.2 Å². The van der Waals surface area contributed by atoms with E-state index < -0.39 is 0 Å². The molecule has 0 atom stereocenters. The fraction of sp³-hybridized carbons (Fsp3) is 0.120. The number of nitrogens with zero attached hydrogens (tertiary/aromatic N) is 2. The van der Waals surface area contributed by atoms with E-state index in [-0.39, 0.29) is 11.7 Å². The predicted octanol–water partition coefficient (Wildman–Crippen LogP) is 5.87. The van der Waals surface area contributed by atoms with Crippen molar-refractivity contribution in [2.45, 2.75) is 13.5 Å². The van der Waals surface area contributed by atoms with Crippen LogP contribution in [0.4, 0.5) is 10.1 Å². The number of hydrogen-bond acceptors (Lipinski definition) is 4. The van der Waals surface area contributed by atoms with Gasteiger partial charge in [0.1, 0.15) is 12.4 Å². The average molecular weight is 451 g/mol. The summed E-state index contributed by atoms with van der Waals surface area (Å²) in [6.07, 6.45) is 1.74. The lowest BCUT2D eigenvalue weighted by molar-refractivity contribution is -0.114. The Morgan fingerprint density at radius 2 is 1.81 bits per heavy atom. The molecule has 7 heteroatoms. The lowest BCUT2D eigenvalue weighted by Gasteiger charge is -2.13. The summed E-state index contributed by atoms with van der Waals surface area (Å²) in [6.45, 7) is 2.05. The highest BCUT2D eigenvalue weighted by Crippen LogP contribution is 2.31. The van der Waals surface area contributed by atoms with Gasteiger partial charge in [0.2, 0.25) is 0 Å². The smallest absolute Gasteiger partial charge is 0.280 e. The average Bonchev–Trinajstić information content (AvgIpc) is 3.08. The predicted molar refractivity (Wildman–Crippen MR) is 124 cm³/mol. The third-order valence-electron chi connectivity index (χ3n) is 4.97. The summed E-state index contributed by atoms with van der Waals surface area (Å²) < 4.78 is 24.6. The summed E-state index contributed by atoms with van der Waals surface area (Å²) in [7, 11) is 1.55. The van der Waals surface area contributed by atoms with Gasteiger partial charge >= 0.3 is 0 Å². The van der Waals surface area contributed by atoms with Crippen LogP contribution in [0.5, 0.6) is 11.5 Å². The number of rotatable bonds is 6. The van der Waals surface area contributed by atoms with Crippen LogP contribution in [0.3, 0.4) is 0 Å². The van der Waals surface area contributed by atoms with Crippen molar-refractivity contribution >= 4 is 35.0 Å². The highest BCUT2D eigenvalue weighted by atomic mass is 35.5. The number of hydrazone groups is 1. The van der Waals surface area contributed by atoms with E-state index in [0.29, 0.717) is 40.1 Å². The highest BCUT2D eigenvalue weighted by Gasteiger charge is 2.28. The van der Waals surface area contributed by atoms with Crippen LogP contribution in [-0.4, -0.2) is 18.7 Å². The largest absolute Gasteiger partial charge is 0.493 e. The van der Waals surface area contributed by atoms with E-state index in [2.05, 4.69) is 5.10 Å². The number of hydrogen-bond donors (Lipinski definition) is 0. The maximum absolute atomic E-state index is 13.2. The van der Waals surface area contributed by atoms with Crippen LogP contribution in [0.25, 0.3) is 6.08 Å². The number of methoxy groups -OCH3 is 1. The molecule has 0 saturated carbocycles. The number of benzene rings is 3. The van der Waals surface area contributed by atoms with Crippen molar-refractivity contribution in [3.05, 3.63) is 94.3 Å². The first-order valence-corrected chi connectivity index (χ1v) is 10.3. The molecule has 32 heavy (non-hydrogen) atoms. The second-order valence-corrected chi connectivity index (χ2v) is 7.53. The molecule has 1 aliphatic rings. The Balaban J connectivity index is 1.55. The fourth-order valence-electron chi connectivity index (χ4n) is 3.27. The maximum atomic E-state index is 13.2. The van der Waals surface area contributed by atoms with Gasteiger partial charge in [-0.25, -0.2) is 4.39 Å². The van der Waals surface area contributed by atoms with Gasteiger partial charge in [0.25, 0.3) is 5.91 Å². The minimum absolute atomic E-state index is 0.285. The summed E-state index contributed by atoms with van der Waals surface area (Å²) in [5.74, 6) is 0.431. The quantitative estimate of drug-likeness (QED) is 0.441. The maximum Gasteiger partial charge on any atom is 0.280 e. The second kappa shape index (κ2) is 9.24. The molecule has 0 N–H and O–H groups in total. The molecular weight excluding hydrogens is 431 g/mol. The Morgan fingerprint density at radius 3 is 2.53 bits per heavy atom. The minimum atomic E-state index is -0.374. The van der Waals surface area contributed by atoms with E-state index in [4.69, 9.17) is 21.1 Å². The van der Waals surface area contributed by atoms with Crippen molar-refractivity contribution in [1.29, 1.82) is 0 Å². The lowest BCUT2D eigenvalue weighted by Crippen LogP contribution is -2.21. The summed E-state index contributed by atoms with van der Waals surface area (Å²) in [5, 5.41) is 6.21. The number of amides is 1. The number of carbonyl (C=O) groups excluding carboxylic acids is 1. The van der Waals surface area contributed by atoms with Crippen molar-refractivity contribution in [2.75, 3.05) is 12.1 Å². The molecular formula is C25H20ClFN2O3. The van der Waals surface area contributed by atoms with Gasteiger partial charge in [-0.3, -0.25) is 4.79 Å². The molecule has 1 heterocycles. The minimum Gasteiger partial charge on any atom is -0.493 e. The van der Waals surface area contributed by atoms with E-state index in [1.165, 1.54) is 29.3 Å². The van der Waals surface area contributed by atoms with Gasteiger partial charge in [0.05, 0.1) is 24.1 Å². The van der Waals surface area contributed by atoms with Crippen LogP contribution in [0, 0.1) is 5.82 Å². The van der Waals surface area contributed by atoms with Gasteiger partial charge in [-0.1, -0.05) is 35.9 Å². The number of halogens is 2. The first-order chi connectivity index (χ1) is 15.5. The van der Waals surface area contributed by atoms with Crippen molar-refractivity contribution in [3.63, 3.8) is 0 Å². The number of ether oxygens (including phenoxy) is 2. The molecule has 0 fully saturated rings. The molecule has 0 radical (unpaired) electrons. The molecule has 0 bridgehead atoms. The summed E-state index contributed by atoms with van der Waals surface area (Å²) in [5.41, 5.74) is 3.14. The molecule has 0 aromatic heterocycles. The number of carbonyl (C=O) groups is 1. The zero-order chi connectivity index (χ0) is 22.7. The molecule has 162 valence electrons. The molecule has 1 amide bonds. The van der Waals surface area contributed by atoms with Gasteiger partial charge in [-0.15, -0.1) is 0 Å². The van der Waals surface area contributed by atoms with E-state index in [1.807, 2.05) is 30.3 Å². The fourth-order valence-corrected chi connectivity index (χ4v) is 3.46. The molecule has 0 saturated heterocycles. The zero-order valence-corrected chi connectivity index (χ0v) is 18.3. The van der Waals surface area contributed by atoms with Crippen molar-refractivity contribution in [2.24, 2.45) is 5.10 Å². The lowest BCUT2D eigenvalue weighted by atomic mass is 10.1. The van der Waals surface area contributed by atoms with Crippen molar-refractivity contribution < 1.29 is 18.7 Å². The van der Waals surface area contributed by atoms with Crippen molar-refractivity contribution in [3.8, 4) is 11.5 Å². The van der Waals surface area contributed by atoms with E-state index >= 15 is 0 Å². The molecule has 3 aromatic rings. The topological polar surface area (TPSA) is 51.1 Å². The first-order valence-electron chi connectivity index (χ1n) is 9.88. The summed E-state index contributed by atoms with van der Waals surface area (Å²) in [6, 6.07) is 18.5. The Kier molecular flexibility index (Phi) is 6.23. The summed E-state index contributed by atoms with van der Waals surface area (Å²) >= 11 is 6.19. The van der Waals surface area contributed by atoms with Crippen LogP contribution in [0.2, 0.25) is 5.02 Å². The SMILES string of the molecule is COc1cc(C=C2C(=O)N(c3ccc(F)cc3)N=C2C)ccc1OCc1ccccc1Cl. The van der Waals surface area contributed by atoms with E-state index in [0.717, 1.165) is 11.1 Å². The summed E-state index contributed by atoms with van der Waals surface area (Å²) in [4.78, 5) is 12.9. The van der Waals surface area contributed by atoms with Crippen LogP contribution >= 0.6 is 11.6 Å². The second-order valence-electron chi connectivity index (χ2n) is 7.13. The molecule has 3 aromatic carbocycles. The molecule has 1 aliphatic heterocycles. The molecule has 0 unspecified atom stereocenters. The van der Waals surface area contributed by atoms with Crippen LogP contribution in [-0.2, 0) is 11.4 Å². The van der Waals surface area contributed by atoms with Crippen LogP contribution in [0.1, 0.15) is 18.1 Å². The van der Waals surface area contributed by atoms with Crippen molar-refractivity contribution in [1.82, 2.24) is 0 Å². The standard InChI is InChI=1S/C25H20ClFN2O3/c1-16-21(25(30)29(28-16)20-10-8-19(27)9-11-20)13-17-7-12-23(24(14-17)31-2)32-15-18-5-3-4-6-22(18)26/h3-14H,15H2,1-2H3. The van der Waals surface area contributed by atoms with Gasteiger partial charge in [0.15, 0.2) is 11.5 Å². The molecule has 0 aliphatic carbocycles. The first kappa shape index (κ1) is 21.6. The van der Waals surface area contributed by atoms with Gasteiger partial charge in [-0.2, -0.15) is 10.1 Å². The molecule has 0 spiro atoms. The van der Waals surface area contributed by atoms with Crippen LogP contribution in [0.15, 0.2) is 77.4 Å².